The van der Waals surface area contributed by atoms with Crippen LogP contribution in [0.5, 0.6) is 0 Å². The molecule has 2 rings (SSSR count). The van der Waals surface area contributed by atoms with Crippen molar-refractivity contribution in [1.29, 1.82) is 0 Å². The number of carbonyl (C=O) groups excluding carboxylic acids is 2. The van der Waals surface area contributed by atoms with Gasteiger partial charge in [-0.25, -0.2) is 0 Å². The Balaban J connectivity index is 1.79. The molecule has 0 radical (unpaired) electrons. The fourth-order valence-corrected chi connectivity index (χ4v) is 3.64. The Morgan fingerprint density at radius 2 is 2.10 bits per heavy atom. The summed E-state index contributed by atoms with van der Waals surface area (Å²) in [6, 6.07) is 0. The topological polar surface area (TPSA) is 75.4 Å². The first kappa shape index (κ1) is 16.3. The lowest BCUT2D eigenvalue weighted by molar-refractivity contribution is -0.136. The molecule has 1 aliphatic carbocycles. The van der Waals surface area contributed by atoms with Crippen LogP contribution < -0.4 is 11.1 Å². The van der Waals surface area contributed by atoms with E-state index in [9.17, 15) is 9.59 Å². The molecule has 3 atom stereocenters. The highest BCUT2D eigenvalue weighted by atomic mass is 16.2. The highest BCUT2D eigenvalue weighted by Gasteiger charge is 2.30. The number of nitrogens with zero attached hydrogens (tertiary/aromatic N) is 1. The van der Waals surface area contributed by atoms with Gasteiger partial charge in [-0.2, -0.15) is 0 Å². The van der Waals surface area contributed by atoms with E-state index >= 15 is 0 Å². The van der Waals surface area contributed by atoms with Crippen LogP contribution in [0.25, 0.3) is 0 Å². The molecule has 0 spiro atoms. The summed E-state index contributed by atoms with van der Waals surface area (Å²) in [6.07, 6.45) is 6.08. The summed E-state index contributed by atoms with van der Waals surface area (Å²) in [5.41, 5.74) is 5.41. The molecular weight excluding hydrogens is 266 g/mol. The monoisotopic (exact) mass is 295 g/mol. The number of nitrogens with one attached hydrogen (secondary N) is 1. The molecule has 2 aliphatic rings. The van der Waals surface area contributed by atoms with Crippen LogP contribution in [0.4, 0.5) is 0 Å². The quantitative estimate of drug-likeness (QED) is 0.798. The molecule has 21 heavy (non-hydrogen) atoms. The van der Waals surface area contributed by atoms with Gasteiger partial charge in [-0.15, -0.1) is 0 Å². The van der Waals surface area contributed by atoms with Gasteiger partial charge in [0.15, 0.2) is 0 Å². The lowest BCUT2D eigenvalue weighted by atomic mass is 9.95. The second-order valence-electron chi connectivity index (χ2n) is 6.75. The van der Waals surface area contributed by atoms with Crippen LogP contribution in [0, 0.1) is 17.8 Å². The van der Waals surface area contributed by atoms with E-state index in [1.165, 1.54) is 19.3 Å². The predicted octanol–water partition coefficient (Wildman–Crippen LogP) is 1.13. The molecule has 0 bridgehead atoms. The van der Waals surface area contributed by atoms with Crippen LogP contribution in [0.3, 0.4) is 0 Å². The number of rotatable bonds is 5. The zero-order chi connectivity index (χ0) is 15.2. The van der Waals surface area contributed by atoms with E-state index in [2.05, 4.69) is 12.2 Å². The smallest absolute Gasteiger partial charge is 0.224 e. The Hall–Kier alpha value is -1.10. The maximum Gasteiger partial charge on any atom is 0.224 e. The Morgan fingerprint density at radius 3 is 2.76 bits per heavy atom. The van der Waals surface area contributed by atoms with Gasteiger partial charge in [-0.05, 0) is 37.5 Å². The van der Waals surface area contributed by atoms with Crippen LogP contribution in [-0.2, 0) is 9.59 Å². The lowest BCUT2D eigenvalue weighted by Gasteiger charge is -2.32. The van der Waals surface area contributed by atoms with Crippen molar-refractivity contribution >= 4 is 11.8 Å². The summed E-state index contributed by atoms with van der Waals surface area (Å²) in [5.74, 6) is 1.55. The molecule has 5 heteroatoms. The van der Waals surface area contributed by atoms with Gasteiger partial charge in [0, 0.05) is 32.6 Å². The molecule has 3 N–H and O–H groups in total. The third-order valence-electron chi connectivity index (χ3n) is 4.86. The number of piperidine rings is 1. The summed E-state index contributed by atoms with van der Waals surface area (Å²) >= 11 is 0. The summed E-state index contributed by atoms with van der Waals surface area (Å²) in [7, 11) is 0. The molecule has 1 saturated carbocycles. The summed E-state index contributed by atoms with van der Waals surface area (Å²) in [6.45, 7) is 4.63. The summed E-state index contributed by atoms with van der Waals surface area (Å²) < 4.78 is 0. The predicted molar refractivity (Wildman–Crippen MR) is 82.5 cm³/mol. The van der Waals surface area contributed by atoms with Crippen LogP contribution in [-0.4, -0.2) is 42.9 Å². The second kappa shape index (κ2) is 7.78. The van der Waals surface area contributed by atoms with Gasteiger partial charge in [0.25, 0.3) is 0 Å². The molecule has 5 nitrogen and oxygen atoms in total. The first-order valence-electron chi connectivity index (χ1n) is 8.35. The third-order valence-corrected chi connectivity index (χ3v) is 4.86. The SMILES string of the molecule is CC1CCC(CC(=O)N2CCCC(C(=O)NCCN)C2)C1. The molecule has 0 aromatic rings. The number of hydrogen-bond acceptors (Lipinski definition) is 3. The maximum absolute atomic E-state index is 12.4. The molecule has 0 aromatic carbocycles. The zero-order valence-electron chi connectivity index (χ0n) is 13.1. The summed E-state index contributed by atoms with van der Waals surface area (Å²) in [5, 5.41) is 2.84. The van der Waals surface area contributed by atoms with Crippen molar-refractivity contribution in [3.05, 3.63) is 0 Å². The van der Waals surface area contributed by atoms with Crippen LogP contribution in [0.15, 0.2) is 0 Å². The van der Waals surface area contributed by atoms with Crippen molar-refractivity contribution < 1.29 is 9.59 Å². The average Bonchev–Trinajstić information content (AvgIpc) is 2.90. The number of likely N-dealkylation sites (tertiary alicyclic amines) is 1. The Labute approximate surface area is 127 Å². The number of amides is 2. The molecule has 2 amide bonds. The van der Waals surface area contributed by atoms with E-state index < -0.39 is 0 Å². The molecule has 0 aromatic heterocycles. The summed E-state index contributed by atoms with van der Waals surface area (Å²) in [4.78, 5) is 26.3. The maximum atomic E-state index is 12.4. The standard InChI is InChI=1S/C16H29N3O2/c1-12-4-5-13(9-12)10-15(20)19-8-2-3-14(11-19)16(21)18-7-6-17/h12-14H,2-11,17H2,1H3,(H,18,21). The molecule has 1 aliphatic heterocycles. The van der Waals surface area contributed by atoms with Crippen LogP contribution in [0.2, 0.25) is 0 Å². The Bertz CT molecular complexity index is 373. The Kier molecular flexibility index (Phi) is 6.03. The fraction of sp³-hybridized carbons (Fsp3) is 0.875. The van der Waals surface area contributed by atoms with Gasteiger partial charge in [-0.1, -0.05) is 13.3 Å². The number of hydrogen-bond donors (Lipinski definition) is 2. The van der Waals surface area contributed by atoms with Crippen molar-refractivity contribution in [2.45, 2.75) is 45.4 Å². The molecule has 2 fully saturated rings. The van der Waals surface area contributed by atoms with Gasteiger partial charge in [0.1, 0.15) is 0 Å². The highest BCUT2D eigenvalue weighted by molar-refractivity contribution is 5.81. The van der Waals surface area contributed by atoms with Crippen molar-refractivity contribution in [1.82, 2.24) is 10.2 Å². The van der Waals surface area contributed by atoms with Gasteiger partial charge in [0.2, 0.25) is 11.8 Å². The average molecular weight is 295 g/mol. The molecule has 1 saturated heterocycles. The van der Waals surface area contributed by atoms with E-state index in [4.69, 9.17) is 5.73 Å². The lowest BCUT2D eigenvalue weighted by Crippen LogP contribution is -2.46. The van der Waals surface area contributed by atoms with E-state index in [-0.39, 0.29) is 17.7 Å². The fourth-order valence-electron chi connectivity index (χ4n) is 3.64. The molecule has 3 unspecified atom stereocenters. The van der Waals surface area contributed by atoms with E-state index in [1.807, 2.05) is 4.90 Å². The van der Waals surface area contributed by atoms with Crippen molar-refractivity contribution in [2.75, 3.05) is 26.2 Å². The normalized spacial score (nSPS) is 29.4. The minimum atomic E-state index is -0.0586. The van der Waals surface area contributed by atoms with Gasteiger partial charge in [0.05, 0.1) is 5.92 Å². The number of nitrogens with two attached hydrogens (primary N) is 1. The third kappa shape index (κ3) is 4.70. The first-order valence-corrected chi connectivity index (χ1v) is 8.35. The van der Waals surface area contributed by atoms with Crippen LogP contribution in [0.1, 0.15) is 45.4 Å². The van der Waals surface area contributed by atoms with Crippen molar-refractivity contribution in [3.63, 3.8) is 0 Å². The van der Waals surface area contributed by atoms with Gasteiger partial charge >= 0.3 is 0 Å². The highest BCUT2D eigenvalue weighted by Crippen LogP contribution is 2.33. The molecular formula is C16H29N3O2. The number of carbonyl (C=O) groups is 2. The first-order chi connectivity index (χ1) is 10.1. The second-order valence-corrected chi connectivity index (χ2v) is 6.75. The van der Waals surface area contributed by atoms with E-state index in [1.54, 1.807) is 0 Å². The van der Waals surface area contributed by atoms with Gasteiger partial charge < -0.3 is 16.0 Å². The van der Waals surface area contributed by atoms with E-state index in [0.29, 0.717) is 32.0 Å². The minimum absolute atomic E-state index is 0.0486. The molecule has 1 heterocycles. The Morgan fingerprint density at radius 1 is 1.29 bits per heavy atom. The van der Waals surface area contributed by atoms with Crippen LogP contribution >= 0.6 is 0 Å². The minimum Gasteiger partial charge on any atom is -0.355 e. The largest absolute Gasteiger partial charge is 0.355 e. The van der Waals surface area contributed by atoms with Gasteiger partial charge in [-0.3, -0.25) is 9.59 Å². The zero-order valence-corrected chi connectivity index (χ0v) is 13.1. The van der Waals surface area contributed by atoms with E-state index in [0.717, 1.165) is 25.3 Å². The van der Waals surface area contributed by atoms with Crippen molar-refractivity contribution in [2.24, 2.45) is 23.5 Å². The molecule has 120 valence electrons. The van der Waals surface area contributed by atoms with Crippen molar-refractivity contribution in [3.8, 4) is 0 Å².